The standard InChI is InChI=1S/C27H50N2O10S/c30-24(20-38-22-39-21-37-16-12-7-5-3-1-2-4-6-8-13-17-40)28-15-11-9-10-14-23(27(35)36)29(18-25(31)32)19-26(33)34/h23,40H,1-22H2,(H,28,30)(H,31,32)(H,33,34)(H,35,36). The van der Waals surface area contributed by atoms with Crippen LogP contribution in [0.1, 0.15) is 89.9 Å². The smallest absolute Gasteiger partial charge is 0.320 e. The lowest BCUT2D eigenvalue weighted by Gasteiger charge is -2.25. The molecule has 0 saturated carbocycles. The van der Waals surface area contributed by atoms with Crippen molar-refractivity contribution in [3.05, 3.63) is 0 Å². The van der Waals surface area contributed by atoms with Gasteiger partial charge in [0.2, 0.25) is 5.91 Å². The molecular formula is C27H50N2O10S. The quantitative estimate of drug-likeness (QED) is 0.0469. The Balaban J connectivity index is 3.62. The van der Waals surface area contributed by atoms with Crippen molar-refractivity contribution in [2.75, 3.05) is 52.2 Å². The number of aliphatic carboxylic acids is 3. The monoisotopic (exact) mass is 594 g/mol. The lowest BCUT2D eigenvalue weighted by molar-refractivity contribution is -0.149. The molecule has 1 amide bonds. The van der Waals surface area contributed by atoms with Crippen LogP contribution in [0.15, 0.2) is 0 Å². The second-order valence-electron chi connectivity index (χ2n) is 9.70. The highest BCUT2D eigenvalue weighted by molar-refractivity contribution is 7.80. The number of carbonyl (C=O) groups excluding carboxylic acids is 1. The molecule has 0 aliphatic heterocycles. The van der Waals surface area contributed by atoms with Gasteiger partial charge in [0.15, 0.2) is 0 Å². The number of amides is 1. The Labute approximate surface area is 243 Å². The van der Waals surface area contributed by atoms with Gasteiger partial charge in [-0.15, -0.1) is 0 Å². The summed E-state index contributed by atoms with van der Waals surface area (Å²) in [6.07, 6.45) is 14.1. The van der Waals surface area contributed by atoms with E-state index in [9.17, 15) is 24.3 Å². The SMILES string of the molecule is O=C(O)CN(CC(=O)O)C(CCCCCNC(=O)COCOCOCCCCCCCCCCCCS)C(=O)O. The summed E-state index contributed by atoms with van der Waals surface area (Å²) < 4.78 is 15.7. The fourth-order valence-electron chi connectivity index (χ4n) is 4.08. The molecule has 0 fully saturated rings. The minimum atomic E-state index is -1.30. The summed E-state index contributed by atoms with van der Waals surface area (Å²) in [4.78, 5) is 46.1. The maximum atomic E-state index is 11.8. The van der Waals surface area contributed by atoms with Crippen molar-refractivity contribution < 1.29 is 48.7 Å². The molecule has 0 bridgehead atoms. The van der Waals surface area contributed by atoms with Gasteiger partial charge < -0.3 is 34.8 Å². The Kier molecular flexibility index (Phi) is 25.9. The summed E-state index contributed by atoms with van der Waals surface area (Å²) in [5.41, 5.74) is 0. The molecule has 12 nitrogen and oxygen atoms in total. The highest BCUT2D eigenvalue weighted by Crippen LogP contribution is 2.12. The molecule has 0 aliphatic carbocycles. The maximum Gasteiger partial charge on any atom is 0.320 e. The first-order valence-corrected chi connectivity index (χ1v) is 14.9. The summed E-state index contributed by atoms with van der Waals surface area (Å²) in [6, 6.07) is -1.21. The van der Waals surface area contributed by atoms with E-state index in [1.54, 1.807) is 0 Å². The summed E-state index contributed by atoms with van der Waals surface area (Å²) in [5, 5.41) is 29.9. The molecule has 0 aliphatic rings. The average molecular weight is 595 g/mol. The molecule has 0 radical (unpaired) electrons. The van der Waals surface area contributed by atoms with E-state index in [4.69, 9.17) is 24.4 Å². The van der Waals surface area contributed by atoms with Gasteiger partial charge in [0, 0.05) is 13.2 Å². The van der Waals surface area contributed by atoms with Crippen molar-refractivity contribution >= 4 is 36.4 Å². The molecule has 4 N–H and O–H groups in total. The van der Waals surface area contributed by atoms with Crippen molar-refractivity contribution in [1.82, 2.24) is 10.2 Å². The Morgan fingerprint density at radius 1 is 0.675 bits per heavy atom. The van der Waals surface area contributed by atoms with Gasteiger partial charge in [0.1, 0.15) is 26.2 Å². The van der Waals surface area contributed by atoms with E-state index in [0.29, 0.717) is 32.4 Å². The second kappa shape index (κ2) is 27.3. The first-order chi connectivity index (χ1) is 19.3. The maximum absolute atomic E-state index is 11.8. The molecule has 1 unspecified atom stereocenters. The largest absolute Gasteiger partial charge is 0.480 e. The van der Waals surface area contributed by atoms with Gasteiger partial charge in [-0.3, -0.25) is 24.1 Å². The lowest BCUT2D eigenvalue weighted by atomic mass is 10.1. The van der Waals surface area contributed by atoms with Crippen LogP contribution in [0, 0.1) is 0 Å². The van der Waals surface area contributed by atoms with Gasteiger partial charge in [0.25, 0.3) is 0 Å². The van der Waals surface area contributed by atoms with Gasteiger partial charge in [-0.2, -0.15) is 12.6 Å². The first-order valence-electron chi connectivity index (χ1n) is 14.3. The molecule has 0 spiro atoms. The first kappa shape index (κ1) is 38.1. The summed E-state index contributed by atoms with van der Waals surface area (Å²) in [5.74, 6) is -3.18. The number of hydrogen-bond acceptors (Lipinski definition) is 9. The fraction of sp³-hybridized carbons (Fsp3) is 0.852. The van der Waals surface area contributed by atoms with E-state index >= 15 is 0 Å². The van der Waals surface area contributed by atoms with Crippen LogP contribution in [0.2, 0.25) is 0 Å². The number of thiol groups is 1. The Bertz CT molecular complexity index is 668. The van der Waals surface area contributed by atoms with E-state index in [1.807, 2.05) is 0 Å². The minimum absolute atomic E-state index is 0.0544. The van der Waals surface area contributed by atoms with Crippen LogP contribution < -0.4 is 5.32 Å². The van der Waals surface area contributed by atoms with E-state index in [-0.39, 0.29) is 32.5 Å². The molecule has 0 aromatic heterocycles. The zero-order valence-corrected chi connectivity index (χ0v) is 24.6. The summed E-state index contributed by atoms with van der Waals surface area (Å²) in [6.45, 7) is -0.443. The van der Waals surface area contributed by atoms with Crippen molar-refractivity contribution in [2.45, 2.75) is 95.9 Å². The highest BCUT2D eigenvalue weighted by atomic mass is 32.1. The van der Waals surface area contributed by atoms with Gasteiger partial charge in [-0.1, -0.05) is 64.2 Å². The topological polar surface area (TPSA) is 172 Å². The van der Waals surface area contributed by atoms with Crippen LogP contribution in [0.4, 0.5) is 0 Å². The summed E-state index contributed by atoms with van der Waals surface area (Å²) in [7, 11) is 0. The molecule has 40 heavy (non-hydrogen) atoms. The van der Waals surface area contributed by atoms with Crippen LogP contribution >= 0.6 is 12.6 Å². The number of carboxylic acid groups (broad SMARTS) is 3. The molecule has 234 valence electrons. The number of hydrogen-bond donors (Lipinski definition) is 5. The van der Waals surface area contributed by atoms with Crippen LogP contribution in [0.25, 0.3) is 0 Å². The Morgan fingerprint density at radius 3 is 1.75 bits per heavy atom. The third kappa shape index (κ3) is 25.1. The molecule has 0 rings (SSSR count). The van der Waals surface area contributed by atoms with E-state index < -0.39 is 37.0 Å². The Hall–Kier alpha value is -1.93. The number of ether oxygens (including phenoxy) is 3. The zero-order chi connectivity index (χ0) is 29.8. The third-order valence-corrected chi connectivity index (χ3v) is 6.46. The molecule has 0 aromatic rings. The molecule has 0 aromatic carbocycles. The second-order valence-corrected chi connectivity index (χ2v) is 10.1. The number of rotatable bonds is 30. The van der Waals surface area contributed by atoms with E-state index in [2.05, 4.69) is 17.9 Å². The van der Waals surface area contributed by atoms with Crippen LogP contribution in [0.5, 0.6) is 0 Å². The van der Waals surface area contributed by atoms with Gasteiger partial charge in [-0.25, -0.2) is 0 Å². The van der Waals surface area contributed by atoms with E-state index in [0.717, 1.165) is 23.5 Å². The average Bonchev–Trinajstić information content (AvgIpc) is 2.88. The van der Waals surface area contributed by atoms with Gasteiger partial charge >= 0.3 is 17.9 Å². The Morgan fingerprint density at radius 2 is 1.20 bits per heavy atom. The highest BCUT2D eigenvalue weighted by Gasteiger charge is 2.28. The number of nitrogens with one attached hydrogen (secondary N) is 1. The zero-order valence-electron chi connectivity index (χ0n) is 23.7. The molecule has 0 heterocycles. The fourth-order valence-corrected chi connectivity index (χ4v) is 4.30. The van der Waals surface area contributed by atoms with Crippen molar-refractivity contribution in [3.8, 4) is 0 Å². The van der Waals surface area contributed by atoms with Gasteiger partial charge in [-0.05, 0) is 31.4 Å². The minimum Gasteiger partial charge on any atom is -0.480 e. The van der Waals surface area contributed by atoms with E-state index in [1.165, 1.54) is 51.4 Å². The predicted octanol–water partition coefficient (Wildman–Crippen LogP) is 3.38. The predicted molar refractivity (Wildman–Crippen MR) is 152 cm³/mol. The number of unbranched alkanes of at least 4 members (excludes halogenated alkanes) is 11. The van der Waals surface area contributed by atoms with Crippen LogP contribution in [-0.4, -0.2) is 102 Å². The molecule has 1 atom stereocenters. The summed E-state index contributed by atoms with van der Waals surface area (Å²) >= 11 is 4.22. The molecule has 0 saturated heterocycles. The van der Waals surface area contributed by atoms with Crippen LogP contribution in [-0.2, 0) is 33.4 Å². The number of carboxylic acids is 3. The lowest BCUT2D eigenvalue weighted by Crippen LogP contribution is -2.46. The molecule has 13 heteroatoms. The number of nitrogens with zero attached hydrogens (tertiary/aromatic N) is 1. The normalized spacial score (nSPS) is 11.9. The van der Waals surface area contributed by atoms with Crippen molar-refractivity contribution in [3.63, 3.8) is 0 Å². The molecular weight excluding hydrogens is 544 g/mol. The van der Waals surface area contributed by atoms with Crippen molar-refractivity contribution in [2.24, 2.45) is 0 Å². The van der Waals surface area contributed by atoms with Crippen molar-refractivity contribution in [1.29, 1.82) is 0 Å². The number of carbonyl (C=O) groups is 4. The van der Waals surface area contributed by atoms with Gasteiger partial charge in [0.05, 0.1) is 13.1 Å². The van der Waals surface area contributed by atoms with Crippen LogP contribution in [0.3, 0.4) is 0 Å². The third-order valence-electron chi connectivity index (χ3n) is 6.14.